The van der Waals surface area contributed by atoms with E-state index < -0.39 is 16.9 Å². The Balaban J connectivity index is 1.93. The van der Waals surface area contributed by atoms with Crippen LogP contribution < -0.4 is 5.32 Å². The van der Waals surface area contributed by atoms with Crippen LogP contribution in [0.2, 0.25) is 5.02 Å². The van der Waals surface area contributed by atoms with Gasteiger partial charge in [-0.25, -0.2) is 0 Å². The highest BCUT2D eigenvalue weighted by Crippen LogP contribution is 2.22. The van der Waals surface area contributed by atoms with E-state index in [9.17, 15) is 20.0 Å². The van der Waals surface area contributed by atoms with Gasteiger partial charge in [-0.1, -0.05) is 41.9 Å². The van der Waals surface area contributed by atoms with Gasteiger partial charge in [-0.15, -0.1) is 0 Å². The van der Waals surface area contributed by atoms with Crippen molar-refractivity contribution < 1.29 is 14.8 Å². The van der Waals surface area contributed by atoms with Crippen molar-refractivity contribution in [1.29, 1.82) is 0 Å². The second-order valence-corrected chi connectivity index (χ2v) is 5.38. The third-order valence-electron chi connectivity index (χ3n) is 3.22. The SMILES string of the molecule is O=C(NCC(O)Cc1ccccc1)c1ccc([N+](=O)[O-])cc1Cl. The highest BCUT2D eigenvalue weighted by molar-refractivity contribution is 6.34. The molecular formula is C16H15ClN2O4. The molecule has 1 amide bonds. The molecule has 0 aromatic heterocycles. The lowest BCUT2D eigenvalue weighted by molar-refractivity contribution is -0.384. The summed E-state index contributed by atoms with van der Waals surface area (Å²) >= 11 is 5.89. The molecule has 0 bridgehead atoms. The fourth-order valence-corrected chi connectivity index (χ4v) is 2.33. The maximum atomic E-state index is 12.0. The van der Waals surface area contributed by atoms with Gasteiger partial charge < -0.3 is 10.4 Å². The quantitative estimate of drug-likeness (QED) is 0.627. The van der Waals surface area contributed by atoms with Crippen LogP contribution in [0.4, 0.5) is 5.69 Å². The molecule has 2 aromatic rings. The zero-order chi connectivity index (χ0) is 16.8. The fraction of sp³-hybridized carbons (Fsp3) is 0.188. The summed E-state index contributed by atoms with van der Waals surface area (Å²) in [7, 11) is 0. The third-order valence-corrected chi connectivity index (χ3v) is 3.53. The Morgan fingerprint density at radius 3 is 2.57 bits per heavy atom. The molecule has 2 aromatic carbocycles. The summed E-state index contributed by atoms with van der Waals surface area (Å²) in [6.07, 6.45) is -0.326. The van der Waals surface area contributed by atoms with Crippen molar-refractivity contribution in [2.45, 2.75) is 12.5 Å². The number of nitrogens with zero attached hydrogens (tertiary/aromatic N) is 1. The number of carbonyl (C=O) groups is 1. The van der Waals surface area contributed by atoms with E-state index in [-0.39, 0.29) is 22.8 Å². The molecule has 7 heteroatoms. The van der Waals surface area contributed by atoms with Crippen LogP contribution in [0.1, 0.15) is 15.9 Å². The molecule has 0 aliphatic carbocycles. The van der Waals surface area contributed by atoms with Crippen LogP contribution in [0.3, 0.4) is 0 Å². The van der Waals surface area contributed by atoms with Gasteiger partial charge in [0.05, 0.1) is 21.6 Å². The fourth-order valence-electron chi connectivity index (χ4n) is 2.07. The molecule has 0 saturated heterocycles. The molecule has 1 atom stereocenters. The van der Waals surface area contributed by atoms with Crippen molar-refractivity contribution in [3.05, 3.63) is 74.8 Å². The van der Waals surface area contributed by atoms with Gasteiger partial charge in [0.2, 0.25) is 0 Å². The van der Waals surface area contributed by atoms with Crippen molar-refractivity contribution in [3.8, 4) is 0 Å². The van der Waals surface area contributed by atoms with E-state index >= 15 is 0 Å². The number of non-ortho nitro benzene ring substituents is 1. The van der Waals surface area contributed by atoms with Gasteiger partial charge in [0.25, 0.3) is 11.6 Å². The van der Waals surface area contributed by atoms with Gasteiger partial charge in [0.15, 0.2) is 0 Å². The van der Waals surface area contributed by atoms with Crippen molar-refractivity contribution in [3.63, 3.8) is 0 Å². The van der Waals surface area contributed by atoms with Crippen LogP contribution in [-0.2, 0) is 6.42 Å². The molecule has 120 valence electrons. The Morgan fingerprint density at radius 2 is 1.96 bits per heavy atom. The van der Waals surface area contributed by atoms with Gasteiger partial charge in [-0.3, -0.25) is 14.9 Å². The summed E-state index contributed by atoms with van der Waals surface area (Å²) in [5.41, 5.74) is 0.905. The zero-order valence-corrected chi connectivity index (χ0v) is 12.9. The molecule has 0 spiro atoms. The minimum absolute atomic E-state index is 0.00532. The first-order valence-electron chi connectivity index (χ1n) is 6.91. The first kappa shape index (κ1) is 16.9. The second kappa shape index (κ2) is 7.71. The van der Waals surface area contributed by atoms with E-state index in [1.165, 1.54) is 12.1 Å². The highest BCUT2D eigenvalue weighted by atomic mass is 35.5. The largest absolute Gasteiger partial charge is 0.391 e. The molecule has 6 nitrogen and oxygen atoms in total. The Kier molecular flexibility index (Phi) is 5.67. The van der Waals surface area contributed by atoms with Crippen LogP contribution in [0.25, 0.3) is 0 Å². The number of rotatable bonds is 6. The predicted octanol–water partition coefficient (Wildman–Crippen LogP) is 2.58. The van der Waals surface area contributed by atoms with E-state index in [0.29, 0.717) is 6.42 Å². The topological polar surface area (TPSA) is 92.5 Å². The van der Waals surface area contributed by atoms with Crippen molar-refractivity contribution >= 4 is 23.2 Å². The Morgan fingerprint density at radius 1 is 1.26 bits per heavy atom. The number of amides is 1. The van der Waals surface area contributed by atoms with Crippen LogP contribution in [0.15, 0.2) is 48.5 Å². The Labute approximate surface area is 137 Å². The van der Waals surface area contributed by atoms with E-state index in [1.807, 2.05) is 30.3 Å². The standard InChI is InChI=1S/C16H15ClN2O4/c17-15-9-12(19(22)23)6-7-14(15)16(21)18-10-13(20)8-11-4-2-1-3-5-11/h1-7,9,13,20H,8,10H2,(H,18,21). The molecule has 0 aliphatic rings. The first-order valence-corrected chi connectivity index (χ1v) is 7.29. The highest BCUT2D eigenvalue weighted by Gasteiger charge is 2.16. The molecule has 0 fully saturated rings. The number of nitrogens with one attached hydrogen (secondary N) is 1. The Hall–Kier alpha value is -2.44. The van der Waals surface area contributed by atoms with Crippen LogP contribution in [0, 0.1) is 10.1 Å². The molecule has 0 aliphatic heterocycles. The summed E-state index contributed by atoms with van der Waals surface area (Å²) in [5, 5.41) is 23.1. The van der Waals surface area contributed by atoms with Gasteiger partial charge in [-0.05, 0) is 11.6 Å². The molecule has 2 N–H and O–H groups in total. The minimum atomic E-state index is -0.738. The predicted molar refractivity (Wildman–Crippen MR) is 86.6 cm³/mol. The second-order valence-electron chi connectivity index (χ2n) is 4.97. The number of hydrogen-bond acceptors (Lipinski definition) is 4. The number of halogens is 1. The van der Waals surface area contributed by atoms with Crippen LogP contribution in [0.5, 0.6) is 0 Å². The maximum Gasteiger partial charge on any atom is 0.270 e. The molecular weight excluding hydrogens is 320 g/mol. The summed E-state index contributed by atoms with van der Waals surface area (Å²) < 4.78 is 0. The number of nitro benzene ring substituents is 1. The van der Waals surface area contributed by atoms with Gasteiger partial charge in [0.1, 0.15) is 0 Å². The van der Waals surface area contributed by atoms with Gasteiger partial charge >= 0.3 is 0 Å². The van der Waals surface area contributed by atoms with Crippen molar-refractivity contribution in [2.75, 3.05) is 6.54 Å². The maximum absolute atomic E-state index is 12.0. The number of hydrogen-bond donors (Lipinski definition) is 2. The molecule has 1 unspecified atom stereocenters. The van der Waals surface area contributed by atoms with E-state index in [0.717, 1.165) is 11.6 Å². The van der Waals surface area contributed by atoms with Crippen LogP contribution >= 0.6 is 11.6 Å². The summed E-state index contributed by atoms with van der Waals surface area (Å²) in [6.45, 7) is 0.0566. The third kappa shape index (κ3) is 4.77. The van der Waals surface area contributed by atoms with E-state index in [2.05, 4.69) is 5.32 Å². The Bertz CT molecular complexity index is 706. The van der Waals surface area contributed by atoms with Gasteiger partial charge in [-0.2, -0.15) is 0 Å². The molecule has 2 rings (SSSR count). The summed E-state index contributed by atoms with van der Waals surface area (Å²) in [5.74, 6) is -0.489. The smallest absolute Gasteiger partial charge is 0.270 e. The molecule has 0 heterocycles. The van der Waals surface area contributed by atoms with Crippen LogP contribution in [-0.4, -0.2) is 28.6 Å². The molecule has 23 heavy (non-hydrogen) atoms. The normalized spacial score (nSPS) is 11.7. The molecule has 0 saturated carbocycles. The first-order chi connectivity index (χ1) is 11.0. The summed E-state index contributed by atoms with van der Waals surface area (Å²) in [6, 6.07) is 13.0. The summed E-state index contributed by atoms with van der Waals surface area (Å²) in [4.78, 5) is 22.1. The average molecular weight is 335 g/mol. The number of benzene rings is 2. The number of nitro groups is 1. The zero-order valence-electron chi connectivity index (χ0n) is 12.1. The number of carbonyl (C=O) groups excluding carboxylic acids is 1. The van der Waals surface area contributed by atoms with E-state index in [4.69, 9.17) is 11.6 Å². The van der Waals surface area contributed by atoms with Gasteiger partial charge in [0, 0.05) is 25.1 Å². The average Bonchev–Trinajstić information content (AvgIpc) is 2.53. The number of aliphatic hydroxyl groups is 1. The lowest BCUT2D eigenvalue weighted by atomic mass is 10.1. The van der Waals surface area contributed by atoms with Crippen molar-refractivity contribution in [1.82, 2.24) is 5.32 Å². The minimum Gasteiger partial charge on any atom is -0.391 e. The lowest BCUT2D eigenvalue weighted by Crippen LogP contribution is -2.33. The van der Waals surface area contributed by atoms with E-state index in [1.54, 1.807) is 0 Å². The number of aliphatic hydroxyl groups excluding tert-OH is 1. The lowest BCUT2D eigenvalue weighted by Gasteiger charge is -2.12. The monoisotopic (exact) mass is 334 g/mol. The van der Waals surface area contributed by atoms with Crippen molar-refractivity contribution in [2.24, 2.45) is 0 Å². The molecule has 0 radical (unpaired) electrons.